The lowest BCUT2D eigenvalue weighted by Crippen LogP contribution is -2.52. The van der Waals surface area contributed by atoms with Gasteiger partial charge in [-0.3, -0.25) is 4.90 Å². The van der Waals surface area contributed by atoms with Gasteiger partial charge in [0.2, 0.25) is 0 Å². The highest BCUT2D eigenvalue weighted by Crippen LogP contribution is 2.29. The van der Waals surface area contributed by atoms with Crippen LogP contribution in [0.2, 0.25) is 0 Å². The normalized spacial score (nSPS) is 25.9. The van der Waals surface area contributed by atoms with E-state index in [0.29, 0.717) is 13.0 Å². The summed E-state index contributed by atoms with van der Waals surface area (Å²) in [6.45, 7) is 0.549. The van der Waals surface area contributed by atoms with Crippen LogP contribution in [-0.4, -0.2) is 41.5 Å². The van der Waals surface area contributed by atoms with E-state index in [-0.39, 0.29) is 6.42 Å². The summed E-state index contributed by atoms with van der Waals surface area (Å²) in [6.07, 6.45) is 1.80. The van der Waals surface area contributed by atoms with Gasteiger partial charge in [0.25, 0.3) is 0 Å². The van der Waals surface area contributed by atoms with Gasteiger partial charge in [-0.25, -0.2) is 4.79 Å². The molecule has 0 aromatic rings. The molecule has 1 saturated heterocycles. The van der Waals surface area contributed by atoms with Crippen molar-refractivity contribution in [3.05, 3.63) is 0 Å². The monoisotopic (exact) mass is 193 g/mol. The number of carboxylic acids is 1. The molecule has 1 heterocycles. The van der Waals surface area contributed by atoms with Gasteiger partial charge in [-0.05, 0) is 26.4 Å². The first-order chi connectivity index (χ1) is 5.96. The Morgan fingerprint density at radius 1 is 1.54 bits per heavy atom. The molecule has 1 aliphatic rings. The molecule has 3 nitrogen and oxygen atoms in total. The van der Waals surface area contributed by atoms with E-state index in [2.05, 4.69) is 0 Å². The molecule has 0 radical (unpaired) electrons. The maximum absolute atomic E-state index is 13.0. The van der Waals surface area contributed by atoms with Gasteiger partial charge in [-0.15, -0.1) is 0 Å². The zero-order valence-electron chi connectivity index (χ0n) is 7.46. The van der Waals surface area contributed by atoms with E-state index in [0.717, 1.165) is 6.42 Å². The maximum Gasteiger partial charge on any atom is 0.376 e. The molecule has 5 heteroatoms. The van der Waals surface area contributed by atoms with Crippen molar-refractivity contribution in [2.75, 3.05) is 13.6 Å². The second-order valence-electron chi connectivity index (χ2n) is 3.42. The third-order valence-corrected chi connectivity index (χ3v) is 2.47. The van der Waals surface area contributed by atoms with Crippen molar-refractivity contribution in [3.63, 3.8) is 0 Å². The Kier molecular flexibility index (Phi) is 2.85. The Hall–Kier alpha value is -0.710. The van der Waals surface area contributed by atoms with E-state index < -0.39 is 17.9 Å². The van der Waals surface area contributed by atoms with Crippen molar-refractivity contribution in [2.24, 2.45) is 0 Å². The molecular weight excluding hydrogens is 180 g/mol. The summed E-state index contributed by atoms with van der Waals surface area (Å²) in [5.74, 6) is -5.64. The highest BCUT2D eigenvalue weighted by molar-refractivity contribution is 5.76. The quantitative estimate of drug-likeness (QED) is 0.716. The molecule has 1 unspecified atom stereocenters. The number of nitrogens with zero attached hydrogens (tertiary/aromatic N) is 1. The molecule has 0 aromatic heterocycles. The minimum absolute atomic E-state index is 0.260. The average molecular weight is 193 g/mol. The molecule has 13 heavy (non-hydrogen) atoms. The number of hydrogen-bond acceptors (Lipinski definition) is 2. The molecule has 0 spiro atoms. The summed E-state index contributed by atoms with van der Waals surface area (Å²) < 4.78 is 26.1. The molecule has 1 rings (SSSR count). The number of likely N-dealkylation sites (tertiary alicyclic amines) is 1. The van der Waals surface area contributed by atoms with Crippen LogP contribution in [0.15, 0.2) is 0 Å². The first-order valence-electron chi connectivity index (χ1n) is 4.27. The van der Waals surface area contributed by atoms with E-state index in [9.17, 15) is 13.6 Å². The van der Waals surface area contributed by atoms with Gasteiger partial charge in [-0.2, -0.15) is 8.78 Å². The molecule has 0 aliphatic carbocycles. The lowest BCUT2D eigenvalue weighted by Gasteiger charge is -2.35. The van der Waals surface area contributed by atoms with Crippen LogP contribution in [0.1, 0.15) is 19.3 Å². The summed E-state index contributed by atoms with van der Waals surface area (Å²) in [7, 11) is 1.54. The average Bonchev–Trinajstić information content (AvgIpc) is 2.04. The predicted octanol–water partition coefficient (Wildman–Crippen LogP) is 1.19. The van der Waals surface area contributed by atoms with Crippen LogP contribution in [0, 0.1) is 0 Å². The number of rotatable bonds is 2. The molecule has 1 aliphatic heterocycles. The van der Waals surface area contributed by atoms with Crippen LogP contribution < -0.4 is 0 Å². The molecular formula is C8H13F2NO2. The zero-order chi connectivity index (χ0) is 10.1. The van der Waals surface area contributed by atoms with Gasteiger partial charge in [-0.1, -0.05) is 6.42 Å². The minimum Gasteiger partial charge on any atom is -0.477 e. The van der Waals surface area contributed by atoms with E-state index in [1.807, 2.05) is 0 Å². The van der Waals surface area contributed by atoms with Gasteiger partial charge in [0, 0.05) is 0 Å². The molecule has 0 saturated carbocycles. The first-order valence-corrected chi connectivity index (χ1v) is 4.27. The smallest absolute Gasteiger partial charge is 0.376 e. The second-order valence-corrected chi connectivity index (χ2v) is 3.42. The Morgan fingerprint density at radius 2 is 2.15 bits per heavy atom. The van der Waals surface area contributed by atoms with E-state index >= 15 is 0 Å². The summed E-state index contributed by atoms with van der Waals surface area (Å²) >= 11 is 0. The highest BCUT2D eigenvalue weighted by atomic mass is 19.3. The molecule has 1 fully saturated rings. The zero-order valence-corrected chi connectivity index (χ0v) is 7.46. The van der Waals surface area contributed by atoms with Gasteiger partial charge in [0.05, 0.1) is 6.04 Å². The number of piperidine rings is 1. The third-order valence-electron chi connectivity index (χ3n) is 2.47. The predicted molar refractivity (Wildman–Crippen MR) is 42.9 cm³/mol. The van der Waals surface area contributed by atoms with Crippen LogP contribution in [0.4, 0.5) is 8.78 Å². The van der Waals surface area contributed by atoms with Crippen LogP contribution in [-0.2, 0) is 4.79 Å². The number of carbonyl (C=O) groups is 1. The van der Waals surface area contributed by atoms with Crippen LogP contribution in [0.5, 0.6) is 0 Å². The first kappa shape index (κ1) is 10.4. The van der Waals surface area contributed by atoms with Crippen molar-refractivity contribution in [3.8, 4) is 0 Å². The van der Waals surface area contributed by atoms with Crippen molar-refractivity contribution in [1.29, 1.82) is 0 Å². The van der Waals surface area contributed by atoms with Crippen molar-refractivity contribution < 1.29 is 18.7 Å². The number of alkyl halides is 2. The second kappa shape index (κ2) is 3.57. The summed E-state index contributed by atoms with van der Waals surface area (Å²) in [6, 6.07) is -1.14. The van der Waals surface area contributed by atoms with Crippen LogP contribution in [0.3, 0.4) is 0 Å². The molecule has 1 atom stereocenters. The van der Waals surface area contributed by atoms with Gasteiger partial charge >= 0.3 is 11.9 Å². The molecule has 1 N–H and O–H groups in total. The Morgan fingerprint density at radius 3 is 2.62 bits per heavy atom. The Labute approximate surface area is 75.3 Å². The fourth-order valence-electron chi connectivity index (χ4n) is 1.68. The lowest BCUT2D eigenvalue weighted by molar-refractivity contribution is -0.176. The van der Waals surface area contributed by atoms with Gasteiger partial charge in [0.1, 0.15) is 0 Å². The van der Waals surface area contributed by atoms with Gasteiger partial charge < -0.3 is 5.11 Å². The van der Waals surface area contributed by atoms with E-state index in [1.54, 1.807) is 7.05 Å². The van der Waals surface area contributed by atoms with Gasteiger partial charge in [0.15, 0.2) is 0 Å². The standard InChI is InChI=1S/C8H13F2NO2/c1-11-5-3-2-4-6(11)8(9,10)7(12)13/h6H,2-5H2,1H3,(H,12,13). The number of carboxylic acid groups (broad SMARTS) is 1. The SMILES string of the molecule is CN1CCCCC1C(F)(F)C(=O)O. The number of aliphatic carboxylic acids is 1. The van der Waals surface area contributed by atoms with Crippen LogP contribution in [0.25, 0.3) is 0 Å². The topological polar surface area (TPSA) is 40.5 Å². The molecule has 0 amide bonds. The van der Waals surface area contributed by atoms with Crippen LogP contribution >= 0.6 is 0 Å². The summed E-state index contributed by atoms with van der Waals surface area (Å²) in [5, 5.41) is 8.33. The van der Waals surface area contributed by atoms with E-state index in [1.165, 1.54) is 4.90 Å². The van der Waals surface area contributed by atoms with E-state index in [4.69, 9.17) is 5.11 Å². The van der Waals surface area contributed by atoms with Crippen molar-refractivity contribution in [2.45, 2.75) is 31.2 Å². The fraction of sp³-hybridized carbons (Fsp3) is 0.875. The fourth-order valence-corrected chi connectivity index (χ4v) is 1.68. The van der Waals surface area contributed by atoms with Crippen molar-refractivity contribution >= 4 is 5.97 Å². The largest absolute Gasteiger partial charge is 0.477 e. The lowest BCUT2D eigenvalue weighted by atomic mass is 9.97. The Bertz CT molecular complexity index is 208. The number of halogens is 2. The molecule has 0 aromatic carbocycles. The minimum atomic E-state index is -3.62. The molecule has 76 valence electrons. The third kappa shape index (κ3) is 1.96. The highest BCUT2D eigenvalue weighted by Gasteiger charge is 2.49. The maximum atomic E-state index is 13.0. The molecule has 0 bridgehead atoms. The summed E-state index contributed by atoms with van der Waals surface area (Å²) in [4.78, 5) is 11.7. The van der Waals surface area contributed by atoms with Crippen molar-refractivity contribution in [1.82, 2.24) is 4.90 Å². The summed E-state index contributed by atoms with van der Waals surface area (Å²) in [5.41, 5.74) is 0. The number of hydrogen-bond donors (Lipinski definition) is 1. The Balaban J connectivity index is 2.73.